The summed E-state index contributed by atoms with van der Waals surface area (Å²) in [5.41, 5.74) is 0. The largest absolute Gasteiger partial charge is 0.480 e. The van der Waals surface area contributed by atoms with Crippen LogP contribution in [0.3, 0.4) is 0 Å². The molecule has 4 amide bonds. The van der Waals surface area contributed by atoms with Crippen LogP contribution in [0.15, 0.2) is 0 Å². The first-order valence-corrected chi connectivity index (χ1v) is 6.34. The van der Waals surface area contributed by atoms with Crippen LogP contribution in [-0.4, -0.2) is 53.0 Å². The van der Waals surface area contributed by atoms with Gasteiger partial charge in [-0.3, -0.25) is 14.5 Å². The summed E-state index contributed by atoms with van der Waals surface area (Å²) in [4.78, 5) is 46.7. The second-order valence-corrected chi connectivity index (χ2v) is 5.06. The number of urea groups is 1. The number of hydrogen-bond acceptors (Lipinski definition) is 4. The fourth-order valence-corrected chi connectivity index (χ4v) is 1.90. The molecule has 3 N–H and O–H groups in total. The molecule has 1 aliphatic heterocycles. The Labute approximate surface area is 116 Å². The Kier molecular flexibility index (Phi) is 5.06. The molecule has 112 valence electrons. The summed E-state index contributed by atoms with van der Waals surface area (Å²) >= 11 is 0. The Morgan fingerprint density at radius 2 is 1.95 bits per heavy atom. The van der Waals surface area contributed by atoms with Gasteiger partial charge in [-0.1, -0.05) is 13.8 Å². The monoisotopic (exact) mass is 285 g/mol. The quantitative estimate of drug-likeness (QED) is 0.605. The van der Waals surface area contributed by atoms with Gasteiger partial charge in [-0.15, -0.1) is 0 Å². The lowest BCUT2D eigenvalue weighted by Crippen LogP contribution is -2.57. The van der Waals surface area contributed by atoms with E-state index in [2.05, 4.69) is 10.6 Å². The van der Waals surface area contributed by atoms with E-state index in [1.807, 2.05) is 0 Å². The SMILES string of the molecule is CC(C)[C@H](NC(=O)NC1CCC(=O)N(C)C1=O)C(=O)O. The van der Waals surface area contributed by atoms with Gasteiger partial charge in [-0.2, -0.15) is 0 Å². The summed E-state index contributed by atoms with van der Waals surface area (Å²) < 4.78 is 0. The van der Waals surface area contributed by atoms with Crippen molar-refractivity contribution in [3.05, 3.63) is 0 Å². The summed E-state index contributed by atoms with van der Waals surface area (Å²) in [6.07, 6.45) is 0.384. The Bertz CT molecular complexity index is 435. The minimum Gasteiger partial charge on any atom is -0.480 e. The maximum Gasteiger partial charge on any atom is 0.326 e. The van der Waals surface area contributed by atoms with E-state index in [1.54, 1.807) is 13.8 Å². The van der Waals surface area contributed by atoms with E-state index in [-0.39, 0.29) is 24.7 Å². The average Bonchev–Trinajstić information content (AvgIpc) is 2.36. The van der Waals surface area contributed by atoms with Crippen molar-refractivity contribution in [3.63, 3.8) is 0 Å². The number of likely N-dealkylation sites (tertiary alicyclic amines) is 1. The molecule has 0 aromatic rings. The smallest absolute Gasteiger partial charge is 0.326 e. The zero-order valence-corrected chi connectivity index (χ0v) is 11.7. The predicted octanol–water partition coefficient (Wildman–Crippen LogP) is -0.458. The van der Waals surface area contributed by atoms with Crippen molar-refractivity contribution < 1.29 is 24.3 Å². The van der Waals surface area contributed by atoms with Crippen LogP contribution in [0.2, 0.25) is 0 Å². The number of nitrogens with zero attached hydrogens (tertiary/aromatic N) is 1. The number of piperidine rings is 1. The molecule has 0 saturated carbocycles. The summed E-state index contributed by atoms with van der Waals surface area (Å²) in [6.45, 7) is 3.33. The molecule has 1 fully saturated rings. The van der Waals surface area contributed by atoms with Crippen LogP contribution in [0.5, 0.6) is 0 Å². The molecule has 0 bridgehead atoms. The molecule has 8 heteroatoms. The van der Waals surface area contributed by atoms with Crippen molar-refractivity contribution in [1.82, 2.24) is 15.5 Å². The highest BCUT2D eigenvalue weighted by Gasteiger charge is 2.33. The van der Waals surface area contributed by atoms with Crippen molar-refractivity contribution in [2.75, 3.05) is 7.05 Å². The van der Waals surface area contributed by atoms with E-state index in [0.29, 0.717) is 0 Å². The van der Waals surface area contributed by atoms with Crippen LogP contribution in [0.25, 0.3) is 0 Å². The van der Waals surface area contributed by atoms with E-state index in [1.165, 1.54) is 7.05 Å². The van der Waals surface area contributed by atoms with Crippen LogP contribution in [0, 0.1) is 5.92 Å². The molecule has 1 unspecified atom stereocenters. The van der Waals surface area contributed by atoms with Gasteiger partial charge in [-0.25, -0.2) is 9.59 Å². The number of likely N-dealkylation sites (N-methyl/N-ethyl adjacent to an activating group) is 1. The molecule has 8 nitrogen and oxygen atoms in total. The molecule has 0 aliphatic carbocycles. The number of carbonyl (C=O) groups is 4. The third kappa shape index (κ3) is 3.69. The number of carboxylic acid groups (broad SMARTS) is 1. The summed E-state index contributed by atoms with van der Waals surface area (Å²) in [7, 11) is 1.35. The van der Waals surface area contributed by atoms with Crippen molar-refractivity contribution >= 4 is 23.8 Å². The van der Waals surface area contributed by atoms with Crippen molar-refractivity contribution in [1.29, 1.82) is 0 Å². The minimum atomic E-state index is -1.14. The number of carboxylic acids is 1. The molecule has 20 heavy (non-hydrogen) atoms. The Balaban J connectivity index is 2.60. The first-order valence-electron chi connectivity index (χ1n) is 6.34. The van der Waals surface area contributed by atoms with E-state index >= 15 is 0 Å². The van der Waals surface area contributed by atoms with Crippen LogP contribution in [0.4, 0.5) is 4.79 Å². The first-order chi connectivity index (χ1) is 9.23. The lowest BCUT2D eigenvalue weighted by atomic mass is 10.0. The standard InChI is InChI=1S/C12H19N3O5/c1-6(2)9(11(18)19)14-12(20)13-7-4-5-8(16)15(3)10(7)17/h6-7,9H,4-5H2,1-3H3,(H,18,19)(H2,13,14,20)/t7?,9-/m0/s1. The number of amides is 4. The van der Waals surface area contributed by atoms with Gasteiger partial charge in [0.15, 0.2) is 0 Å². The lowest BCUT2D eigenvalue weighted by molar-refractivity contribution is -0.147. The third-order valence-corrected chi connectivity index (χ3v) is 3.17. The van der Waals surface area contributed by atoms with Gasteiger partial charge in [0.2, 0.25) is 5.91 Å². The normalized spacial score (nSPS) is 20.8. The van der Waals surface area contributed by atoms with Gasteiger partial charge in [0.25, 0.3) is 5.91 Å². The van der Waals surface area contributed by atoms with E-state index in [0.717, 1.165) is 4.90 Å². The van der Waals surface area contributed by atoms with Gasteiger partial charge in [-0.05, 0) is 12.3 Å². The van der Waals surface area contributed by atoms with Crippen LogP contribution >= 0.6 is 0 Å². The highest BCUT2D eigenvalue weighted by Crippen LogP contribution is 2.11. The summed E-state index contributed by atoms with van der Waals surface area (Å²) in [5, 5.41) is 13.7. The van der Waals surface area contributed by atoms with Crippen LogP contribution < -0.4 is 10.6 Å². The van der Waals surface area contributed by atoms with Gasteiger partial charge in [0, 0.05) is 13.5 Å². The van der Waals surface area contributed by atoms with E-state index < -0.39 is 30.0 Å². The molecule has 0 spiro atoms. The number of hydrogen-bond donors (Lipinski definition) is 3. The summed E-state index contributed by atoms with van der Waals surface area (Å²) in [5.74, 6) is -2.21. The fourth-order valence-electron chi connectivity index (χ4n) is 1.90. The maximum absolute atomic E-state index is 11.8. The number of nitrogens with one attached hydrogen (secondary N) is 2. The molecular formula is C12H19N3O5. The van der Waals surface area contributed by atoms with E-state index in [4.69, 9.17) is 5.11 Å². The van der Waals surface area contributed by atoms with Crippen molar-refractivity contribution in [3.8, 4) is 0 Å². The number of rotatable bonds is 4. The van der Waals surface area contributed by atoms with Crippen LogP contribution in [0.1, 0.15) is 26.7 Å². The summed E-state index contributed by atoms with van der Waals surface area (Å²) in [6, 6.07) is -2.57. The van der Waals surface area contributed by atoms with Gasteiger partial charge < -0.3 is 15.7 Å². The Morgan fingerprint density at radius 1 is 1.35 bits per heavy atom. The number of aliphatic carboxylic acids is 1. The fraction of sp³-hybridized carbons (Fsp3) is 0.667. The highest BCUT2D eigenvalue weighted by molar-refractivity contribution is 6.01. The predicted molar refractivity (Wildman–Crippen MR) is 68.7 cm³/mol. The molecule has 0 aromatic heterocycles. The van der Waals surface area contributed by atoms with Gasteiger partial charge in [0.1, 0.15) is 12.1 Å². The number of carbonyl (C=O) groups excluding carboxylic acids is 3. The Hall–Kier alpha value is -2.12. The van der Waals surface area contributed by atoms with Crippen LogP contribution in [-0.2, 0) is 14.4 Å². The average molecular weight is 285 g/mol. The second kappa shape index (κ2) is 6.36. The third-order valence-electron chi connectivity index (χ3n) is 3.17. The molecule has 1 saturated heterocycles. The Morgan fingerprint density at radius 3 is 2.45 bits per heavy atom. The van der Waals surface area contributed by atoms with Crippen molar-refractivity contribution in [2.24, 2.45) is 5.92 Å². The topological polar surface area (TPSA) is 116 Å². The van der Waals surface area contributed by atoms with Crippen molar-refractivity contribution in [2.45, 2.75) is 38.8 Å². The molecule has 0 aromatic carbocycles. The zero-order valence-electron chi connectivity index (χ0n) is 11.7. The highest BCUT2D eigenvalue weighted by atomic mass is 16.4. The second-order valence-electron chi connectivity index (χ2n) is 5.06. The van der Waals surface area contributed by atoms with Gasteiger partial charge in [0.05, 0.1) is 0 Å². The van der Waals surface area contributed by atoms with E-state index in [9.17, 15) is 19.2 Å². The molecule has 1 aliphatic rings. The molecule has 2 atom stereocenters. The molecule has 1 rings (SSSR count). The number of imide groups is 1. The maximum atomic E-state index is 11.8. The lowest BCUT2D eigenvalue weighted by Gasteiger charge is -2.28. The first kappa shape index (κ1) is 15.9. The molecule has 0 radical (unpaired) electrons. The molecule has 1 heterocycles. The molecular weight excluding hydrogens is 266 g/mol. The minimum absolute atomic E-state index is 0.166. The zero-order chi connectivity index (χ0) is 15.4. The van der Waals surface area contributed by atoms with Gasteiger partial charge >= 0.3 is 12.0 Å².